The third kappa shape index (κ3) is 12.9. The molecule has 0 fully saturated rings. The van der Waals surface area contributed by atoms with E-state index in [-0.39, 0.29) is 22.3 Å². The van der Waals surface area contributed by atoms with Gasteiger partial charge in [-0.1, -0.05) is 155 Å². The standard InChI is InChI=1S/C36H57NO4S/c1-7-8-9-10-11-12-13-14-15-16-17-18-19-23-26-41-34-30(36(5,6)28-35(2,3)4)27-31(38)32(33(34)37-42(39)40)29-24-21-20-22-25-29/h20-22,24-25,27,38H,7-19,23,26,28H2,1-6H3. The molecule has 2 rings (SSSR count). The van der Waals surface area contributed by atoms with Gasteiger partial charge in [0, 0.05) is 5.56 Å². The maximum atomic E-state index is 11.9. The summed E-state index contributed by atoms with van der Waals surface area (Å²) in [6.07, 6.45) is 18.8. The van der Waals surface area contributed by atoms with Crippen molar-refractivity contribution in [3.05, 3.63) is 42.0 Å². The fraction of sp³-hybridized carbons (Fsp3) is 0.667. The van der Waals surface area contributed by atoms with Gasteiger partial charge < -0.3 is 9.84 Å². The van der Waals surface area contributed by atoms with Gasteiger partial charge in [-0.15, -0.1) is 4.36 Å². The van der Waals surface area contributed by atoms with Crippen molar-refractivity contribution in [1.29, 1.82) is 0 Å². The molecule has 1 N–H and O–H groups in total. The number of phenols is 1. The number of nitrogens with zero attached hydrogens (tertiary/aromatic N) is 1. The molecule has 0 saturated heterocycles. The first-order valence-electron chi connectivity index (χ1n) is 16.4. The minimum atomic E-state index is -2.71. The van der Waals surface area contributed by atoms with Gasteiger partial charge in [0.2, 0.25) is 0 Å². The Morgan fingerprint density at radius 3 is 1.74 bits per heavy atom. The van der Waals surface area contributed by atoms with Crippen molar-refractivity contribution in [2.45, 2.75) is 143 Å². The molecule has 0 amide bonds. The summed E-state index contributed by atoms with van der Waals surface area (Å²) < 4.78 is 34.2. The van der Waals surface area contributed by atoms with E-state index in [1.54, 1.807) is 6.07 Å². The second-order valence-electron chi connectivity index (χ2n) is 13.7. The molecule has 236 valence electrons. The molecule has 0 radical (unpaired) electrons. The third-order valence-electron chi connectivity index (χ3n) is 7.91. The number of hydrogen-bond acceptors (Lipinski definition) is 5. The summed E-state index contributed by atoms with van der Waals surface area (Å²) in [6, 6.07) is 11.1. The highest BCUT2D eigenvalue weighted by Crippen LogP contribution is 2.51. The molecular formula is C36H57NO4S. The molecule has 0 bridgehead atoms. The van der Waals surface area contributed by atoms with Crippen LogP contribution >= 0.6 is 0 Å². The number of hydrogen-bond donors (Lipinski definition) is 1. The van der Waals surface area contributed by atoms with E-state index in [4.69, 9.17) is 4.74 Å². The molecule has 0 aliphatic carbocycles. The van der Waals surface area contributed by atoms with E-state index in [9.17, 15) is 13.5 Å². The molecule has 0 saturated carbocycles. The van der Waals surface area contributed by atoms with Crippen molar-refractivity contribution < 1.29 is 18.3 Å². The fourth-order valence-corrected chi connectivity index (χ4v) is 6.55. The summed E-state index contributed by atoms with van der Waals surface area (Å²) in [7, 11) is -2.71. The molecule has 42 heavy (non-hydrogen) atoms. The average Bonchev–Trinajstić information content (AvgIpc) is 2.90. The van der Waals surface area contributed by atoms with Gasteiger partial charge >= 0.3 is 10.5 Å². The van der Waals surface area contributed by atoms with E-state index in [1.807, 2.05) is 30.3 Å². The summed E-state index contributed by atoms with van der Waals surface area (Å²) in [4.78, 5) is 0. The van der Waals surface area contributed by atoms with Crippen molar-refractivity contribution in [3.8, 4) is 22.6 Å². The fourth-order valence-electron chi connectivity index (χ4n) is 6.23. The lowest BCUT2D eigenvalue weighted by atomic mass is 9.71. The lowest BCUT2D eigenvalue weighted by Gasteiger charge is -2.35. The Labute approximate surface area is 258 Å². The third-order valence-corrected chi connectivity index (χ3v) is 8.24. The van der Waals surface area contributed by atoms with Crippen LogP contribution in [0.2, 0.25) is 0 Å². The van der Waals surface area contributed by atoms with Crippen LogP contribution in [-0.4, -0.2) is 20.1 Å². The van der Waals surface area contributed by atoms with Crippen molar-refractivity contribution >= 4 is 16.2 Å². The lowest BCUT2D eigenvalue weighted by molar-refractivity contribution is 0.262. The van der Waals surface area contributed by atoms with Gasteiger partial charge in [-0.05, 0) is 35.3 Å². The van der Waals surface area contributed by atoms with Crippen LogP contribution in [0, 0.1) is 5.41 Å². The van der Waals surface area contributed by atoms with Gasteiger partial charge in [0.25, 0.3) is 0 Å². The number of rotatable bonds is 20. The van der Waals surface area contributed by atoms with Crippen molar-refractivity contribution in [3.63, 3.8) is 0 Å². The molecule has 0 heterocycles. The second-order valence-corrected chi connectivity index (χ2v) is 14.4. The largest absolute Gasteiger partial charge is 0.507 e. The van der Waals surface area contributed by atoms with E-state index in [2.05, 4.69) is 45.9 Å². The smallest absolute Gasteiger partial charge is 0.316 e. The molecule has 0 unspecified atom stereocenters. The first-order chi connectivity index (χ1) is 20.0. The molecular weight excluding hydrogens is 542 g/mol. The minimum Gasteiger partial charge on any atom is -0.507 e. The maximum absolute atomic E-state index is 11.9. The van der Waals surface area contributed by atoms with Gasteiger partial charge in [-0.2, -0.15) is 8.42 Å². The van der Waals surface area contributed by atoms with Crippen molar-refractivity contribution in [1.82, 2.24) is 0 Å². The van der Waals surface area contributed by atoms with Gasteiger partial charge in [0.1, 0.15) is 11.4 Å². The molecule has 0 aromatic heterocycles. The van der Waals surface area contributed by atoms with E-state index in [0.29, 0.717) is 23.5 Å². The topological polar surface area (TPSA) is 76.0 Å². The summed E-state index contributed by atoms with van der Waals surface area (Å²) in [5.41, 5.74) is 1.67. The van der Waals surface area contributed by atoms with Crippen LogP contribution < -0.4 is 4.74 Å². The van der Waals surface area contributed by atoms with Crippen LogP contribution in [-0.2, 0) is 15.9 Å². The SMILES string of the molecule is CCCCCCCCCCCCCCCCOc1c(C(C)(C)CC(C)(C)C)cc(O)c(-c2ccccc2)c1N=S(=O)=O. The summed E-state index contributed by atoms with van der Waals surface area (Å²) in [5, 5.41) is 11.2. The molecule has 0 aliphatic heterocycles. The van der Waals surface area contributed by atoms with Crippen LogP contribution in [0.5, 0.6) is 11.5 Å². The highest BCUT2D eigenvalue weighted by Gasteiger charge is 2.33. The number of ether oxygens (including phenoxy) is 1. The summed E-state index contributed by atoms with van der Waals surface area (Å²) >= 11 is 0. The van der Waals surface area contributed by atoms with Crippen molar-refractivity contribution in [2.24, 2.45) is 9.78 Å². The highest BCUT2D eigenvalue weighted by atomic mass is 32.2. The molecule has 2 aromatic carbocycles. The van der Waals surface area contributed by atoms with Gasteiger partial charge in [-0.3, -0.25) is 0 Å². The number of unbranched alkanes of at least 4 members (excludes halogenated alkanes) is 13. The zero-order valence-electron chi connectivity index (χ0n) is 27.3. The van der Waals surface area contributed by atoms with E-state index in [0.717, 1.165) is 24.8 Å². The van der Waals surface area contributed by atoms with E-state index in [1.165, 1.54) is 77.0 Å². The van der Waals surface area contributed by atoms with E-state index >= 15 is 0 Å². The van der Waals surface area contributed by atoms with Gasteiger partial charge in [-0.25, -0.2) is 0 Å². The number of benzene rings is 2. The van der Waals surface area contributed by atoms with Gasteiger partial charge in [0.05, 0.1) is 12.2 Å². The Bertz CT molecular complexity index is 1190. The maximum Gasteiger partial charge on any atom is 0.316 e. The number of aromatic hydroxyl groups is 1. The predicted molar refractivity (Wildman–Crippen MR) is 177 cm³/mol. The molecule has 2 aromatic rings. The normalized spacial score (nSPS) is 12.0. The quantitative estimate of drug-likeness (QED) is 0.154. The zero-order valence-corrected chi connectivity index (χ0v) is 28.1. The molecule has 0 aliphatic rings. The Hall–Kier alpha value is -2.34. The highest BCUT2D eigenvalue weighted by molar-refractivity contribution is 7.61. The summed E-state index contributed by atoms with van der Waals surface area (Å²) in [6.45, 7) is 13.5. The number of phenolic OH excluding ortho intramolecular Hbond substituents is 1. The van der Waals surface area contributed by atoms with Crippen LogP contribution in [0.3, 0.4) is 0 Å². The Balaban J connectivity index is 2.07. The van der Waals surface area contributed by atoms with Crippen molar-refractivity contribution in [2.75, 3.05) is 6.61 Å². The average molecular weight is 600 g/mol. The Kier molecular flexibility index (Phi) is 15.7. The Morgan fingerprint density at radius 2 is 1.26 bits per heavy atom. The lowest BCUT2D eigenvalue weighted by Crippen LogP contribution is -2.25. The van der Waals surface area contributed by atoms with Gasteiger partial charge in [0.15, 0.2) is 5.75 Å². The molecule has 5 nitrogen and oxygen atoms in total. The van der Waals surface area contributed by atoms with Crippen LogP contribution in [0.15, 0.2) is 40.8 Å². The summed E-state index contributed by atoms with van der Waals surface area (Å²) in [5.74, 6) is 0.464. The van der Waals surface area contributed by atoms with Crippen LogP contribution in [0.4, 0.5) is 5.69 Å². The molecule has 0 atom stereocenters. The van der Waals surface area contributed by atoms with Crippen LogP contribution in [0.25, 0.3) is 11.1 Å². The first kappa shape index (κ1) is 35.9. The van der Waals surface area contributed by atoms with E-state index < -0.39 is 10.5 Å². The molecule has 6 heteroatoms. The zero-order chi connectivity index (χ0) is 31.0. The van der Waals surface area contributed by atoms with Crippen LogP contribution in [0.1, 0.15) is 143 Å². The Morgan fingerprint density at radius 1 is 0.762 bits per heavy atom. The first-order valence-corrected chi connectivity index (χ1v) is 17.4. The monoisotopic (exact) mass is 599 g/mol. The predicted octanol–water partition coefficient (Wildman–Crippen LogP) is 11.3. The second kappa shape index (κ2) is 18.4. The molecule has 0 spiro atoms. The minimum absolute atomic E-state index is 0.00577.